The zero-order valence-corrected chi connectivity index (χ0v) is 10.8. The van der Waals surface area contributed by atoms with Crippen LogP contribution in [0.15, 0.2) is 30.6 Å². The lowest BCUT2D eigenvalue weighted by molar-refractivity contribution is -0.122. The predicted octanol–water partition coefficient (Wildman–Crippen LogP) is 1.53. The maximum atomic E-state index is 12.0. The number of nitrogens with one attached hydrogen (secondary N) is 2. The Labute approximate surface area is 111 Å². The number of benzene rings is 1. The maximum absolute atomic E-state index is 12.0. The van der Waals surface area contributed by atoms with E-state index in [0.29, 0.717) is 18.3 Å². The van der Waals surface area contributed by atoms with Gasteiger partial charge in [0.1, 0.15) is 12.2 Å². The molecule has 1 saturated carbocycles. The highest BCUT2D eigenvalue weighted by Crippen LogP contribution is 2.48. The van der Waals surface area contributed by atoms with Gasteiger partial charge in [0.2, 0.25) is 5.91 Å². The molecule has 1 aliphatic rings. The second kappa shape index (κ2) is 4.84. The number of rotatable bonds is 4. The summed E-state index contributed by atoms with van der Waals surface area (Å²) in [5, 5.41) is 9.37. The molecule has 3 rings (SSSR count). The Morgan fingerprint density at radius 1 is 1.47 bits per heavy atom. The van der Waals surface area contributed by atoms with E-state index < -0.39 is 0 Å². The van der Waals surface area contributed by atoms with Gasteiger partial charge in [-0.1, -0.05) is 24.3 Å². The van der Waals surface area contributed by atoms with E-state index in [1.165, 1.54) is 17.5 Å². The lowest BCUT2D eigenvalue weighted by atomic mass is 10.0. The molecule has 98 valence electrons. The highest BCUT2D eigenvalue weighted by atomic mass is 16.2. The minimum absolute atomic E-state index is 0.101. The number of aromatic amines is 1. The zero-order chi connectivity index (χ0) is 13.2. The summed E-state index contributed by atoms with van der Waals surface area (Å²) in [5.41, 5.74) is 2.56. The van der Waals surface area contributed by atoms with Gasteiger partial charge >= 0.3 is 0 Å². The molecule has 0 radical (unpaired) electrons. The number of aryl methyl sites for hydroxylation is 1. The molecule has 2 atom stereocenters. The van der Waals surface area contributed by atoms with Crippen LogP contribution in [0, 0.1) is 12.8 Å². The van der Waals surface area contributed by atoms with Gasteiger partial charge in [-0.05, 0) is 30.4 Å². The molecule has 1 amide bonds. The summed E-state index contributed by atoms with van der Waals surface area (Å²) >= 11 is 0. The van der Waals surface area contributed by atoms with Crippen molar-refractivity contribution in [3.63, 3.8) is 0 Å². The van der Waals surface area contributed by atoms with E-state index in [9.17, 15) is 4.79 Å². The SMILES string of the molecule is Cc1ccccc1[C@@H]1C[C@H]1C(=O)NCc1ncn[nH]1. The van der Waals surface area contributed by atoms with E-state index >= 15 is 0 Å². The molecule has 0 unspecified atom stereocenters. The Bertz CT molecular complexity index is 579. The van der Waals surface area contributed by atoms with Gasteiger partial charge in [0.15, 0.2) is 0 Å². The van der Waals surface area contributed by atoms with Gasteiger partial charge in [-0.25, -0.2) is 4.98 Å². The van der Waals surface area contributed by atoms with Crippen LogP contribution in [-0.4, -0.2) is 21.1 Å². The Kier molecular flexibility index (Phi) is 3.03. The first-order valence-corrected chi connectivity index (χ1v) is 6.43. The molecule has 19 heavy (non-hydrogen) atoms. The van der Waals surface area contributed by atoms with Gasteiger partial charge in [0.25, 0.3) is 0 Å². The van der Waals surface area contributed by atoms with E-state index in [1.54, 1.807) is 0 Å². The predicted molar refractivity (Wildman–Crippen MR) is 70.3 cm³/mol. The number of hydrogen-bond acceptors (Lipinski definition) is 3. The summed E-state index contributed by atoms with van der Waals surface area (Å²) < 4.78 is 0. The normalized spacial score (nSPS) is 21.1. The molecule has 5 heteroatoms. The summed E-state index contributed by atoms with van der Waals surface area (Å²) in [6, 6.07) is 8.27. The van der Waals surface area contributed by atoms with Gasteiger partial charge < -0.3 is 5.32 Å². The van der Waals surface area contributed by atoms with Crippen molar-refractivity contribution in [3.8, 4) is 0 Å². The molecule has 2 N–H and O–H groups in total. The topological polar surface area (TPSA) is 70.7 Å². The number of H-pyrrole nitrogens is 1. The van der Waals surface area contributed by atoms with Gasteiger partial charge in [0, 0.05) is 5.92 Å². The molecule has 1 fully saturated rings. The lowest BCUT2D eigenvalue weighted by Gasteiger charge is -2.05. The fraction of sp³-hybridized carbons (Fsp3) is 0.357. The van der Waals surface area contributed by atoms with Crippen molar-refractivity contribution >= 4 is 5.91 Å². The Balaban J connectivity index is 1.57. The largest absolute Gasteiger partial charge is 0.349 e. The number of aromatic nitrogens is 3. The number of carbonyl (C=O) groups excluding carboxylic acids is 1. The molecule has 1 aliphatic carbocycles. The number of hydrogen-bond donors (Lipinski definition) is 2. The Morgan fingerprint density at radius 3 is 3.05 bits per heavy atom. The molecule has 0 saturated heterocycles. The molecular formula is C14H16N4O. The fourth-order valence-corrected chi connectivity index (χ4v) is 2.45. The van der Waals surface area contributed by atoms with Crippen molar-refractivity contribution in [2.75, 3.05) is 0 Å². The van der Waals surface area contributed by atoms with Crippen molar-refractivity contribution in [1.82, 2.24) is 20.5 Å². The summed E-state index contributed by atoms with van der Waals surface area (Å²) in [6.07, 6.45) is 2.38. The third-order valence-electron chi connectivity index (χ3n) is 3.61. The van der Waals surface area contributed by atoms with Crippen LogP contribution < -0.4 is 5.32 Å². The second-order valence-corrected chi connectivity index (χ2v) is 4.96. The van der Waals surface area contributed by atoms with Gasteiger partial charge in [-0.3, -0.25) is 9.89 Å². The fourth-order valence-electron chi connectivity index (χ4n) is 2.45. The first-order chi connectivity index (χ1) is 9.25. The van der Waals surface area contributed by atoms with Crippen molar-refractivity contribution in [3.05, 3.63) is 47.5 Å². The van der Waals surface area contributed by atoms with Crippen molar-refractivity contribution in [2.24, 2.45) is 5.92 Å². The highest BCUT2D eigenvalue weighted by Gasteiger charge is 2.44. The molecule has 0 aliphatic heterocycles. The van der Waals surface area contributed by atoms with Gasteiger partial charge in [-0.2, -0.15) is 5.10 Å². The van der Waals surface area contributed by atoms with Crippen LogP contribution in [0.25, 0.3) is 0 Å². The monoisotopic (exact) mass is 256 g/mol. The second-order valence-electron chi connectivity index (χ2n) is 4.96. The van der Waals surface area contributed by atoms with E-state index in [1.807, 2.05) is 12.1 Å². The van der Waals surface area contributed by atoms with Crippen LogP contribution >= 0.6 is 0 Å². The van der Waals surface area contributed by atoms with Gasteiger partial charge in [-0.15, -0.1) is 0 Å². The van der Waals surface area contributed by atoms with Crippen LogP contribution in [0.3, 0.4) is 0 Å². The Morgan fingerprint density at radius 2 is 2.32 bits per heavy atom. The number of amides is 1. The highest BCUT2D eigenvalue weighted by molar-refractivity contribution is 5.82. The summed E-state index contributed by atoms with van der Waals surface area (Å²) in [5.74, 6) is 1.26. The zero-order valence-electron chi connectivity index (χ0n) is 10.8. The van der Waals surface area contributed by atoms with E-state index in [2.05, 4.69) is 39.6 Å². The van der Waals surface area contributed by atoms with Crippen LogP contribution in [0.5, 0.6) is 0 Å². The minimum atomic E-state index is 0.101. The molecule has 2 aromatic rings. The van der Waals surface area contributed by atoms with Gasteiger partial charge in [0.05, 0.1) is 6.54 Å². The Hall–Kier alpha value is -2.17. The van der Waals surface area contributed by atoms with E-state index in [4.69, 9.17) is 0 Å². The molecule has 1 aromatic heterocycles. The quantitative estimate of drug-likeness (QED) is 0.871. The molecule has 0 bridgehead atoms. The standard InChI is InChI=1S/C14H16N4O/c1-9-4-2-3-5-10(9)11-6-12(11)14(19)15-7-13-16-8-17-18-13/h2-5,8,11-12H,6-7H2,1H3,(H,15,19)(H,16,17,18)/t11-,12+/m0/s1. The molecule has 1 heterocycles. The average Bonchev–Trinajstić information content (AvgIpc) is 3.04. The van der Waals surface area contributed by atoms with Crippen molar-refractivity contribution < 1.29 is 4.79 Å². The first kappa shape index (κ1) is 11.9. The van der Waals surface area contributed by atoms with Crippen molar-refractivity contribution in [1.29, 1.82) is 0 Å². The van der Waals surface area contributed by atoms with Crippen LogP contribution in [0.2, 0.25) is 0 Å². The number of carbonyl (C=O) groups is 1. The summed E-state index contributed by atoms with van der Waals surface area (Å²) in [6.45, 7) is 2.51. The van der Waals surface area contributed by atoms with E-state index in [-0.39, 0.29) is 11.8 Å². The molecule has 0 spiro atoms. The van der Waals surface area contributed by atoms with Crippen LogP contribution in [0.1, 0.15) is 29.3 Å². The maximum Gasteiger partial charge on any atom is 0.224 e. The smallest absolute Gasteiger partial charge is 0.224 e. The molecular weight excluding hydrogens is 240 g/mol. The summed E-state index contributed by atoms with van der Waals surface area (Å²) in [7, 11) is 0. The van der Waals surface area contributed by atoms with Crippen LogP contribution in [-0.2, 0) is 11.3 Å². The van der Waals surface area contributed by atoms with Crippen LogP contribution in [0.4, 0.5) is 0 Å². The summed E-state index contributed by atoms with van der Waals surface area (Å²) in [4.78, 5) is 16.0. The third-order valence-corrected chi connectivity index (χ3v) is 3.61. The lowest BCUT2D eigenvalue weighted by Crippen LogP contribution is -2.25. The number of nitrogens with zero attached hydrogens (tertiary/aromatic N) is 2. The molecule has 1 aromatic carbocycles. The van der Waals surface area contributed by atoms with E-state index in [0.717, 1.165) is 6.42 Å². The van der Waals surface area contributed by atoms with Crippen molar-refractivity contribution in [2.45, 2.75) is 25.8 Å². The first-order valence-electron chi connectivity index (χ1n) is 6.43. The third kappa shape index (κ3) is 2.50. The average molecular weight is 256 g/mol. The minimum Gasteiger partial charge on any atom is -0.349 e. The molecule has 5 nitrogen and oxygen atoms in total.